The topological polar surface area (TPSA) is 88.2 Å². The SMILES string of the molecule is CC(CN(C)C(=O)C(C)Oc1cccc(Cl)c1)C(N)=NO. The third-order valence-electron chi connectivity index (χ3n) is 3.00. The number of benzene rings is 1. The van der Waals surface area contributed by atoms with Crippen molar-refractivity contribution in [1.29, 1.82) is 0 Å². The monoisotopic (exact) mass is 313 g/mol. The molecule has 6 nitrogen and oxygen atoms in total. The highest BCUT2D eigenvalue weighted by Crippen LogP contribution is 2.18. The van der Waals surface area contributed by atoms with Crippen LogP contribution in [0.5, 0.6) is 5.75 Å². The molecule has 0 fully saturated rings. The molecule has 1 aromatic carbocycles. The summed E-state index contributed by atoms with van der Waals surface area (Å²) >= 11 is 5.86. The predicted octanol–water partition coefficient (Wildman–Crippen LogP) is 1.95. The van der Waals surface area contributed by atoms with Gasteiger partial charge in [-0.3, -0.25) is 4.79 Å². The van der Waals surface area contributed by atoms with Gasteiger partial charge in [-0.1, -0.05) is 29.7 Å². The van der Waals surface area contributed by atoms with E-state index >= 15 is 0 Å². The van der Waals surface area contributed by atoms with Gasteiger partial charge in [0.25, 0.3) is 5.91 Å². The molecule has 0 aliphatic rings. The lowest BCUT2D eigenvalue weighted by atomic mass is 10.1. The Hall–Kier alpha value is -1.95. The second-order valence-corrected chi connectivity index (χ2v) is 5.30. The van der Waals surface area contributed by atoms with Crippen LogP contribution in [0, 0.1) is 5.92 Å². The van der Waals surface area contributed by atoms with Gasteiger partial charge >= 0.3 is 0 Å². The van der Waals surface area contributed by atoms with E-state index in [2.05, 4.69) is 5.16 Å². The average molecular weight is 314 g/mol. The van der Waals surface area contributed by atoms with Crippen LogP contribution in [0.25, 0.3) is 0 Å². The van der Waals surface area contributed by atoms with Crippen molar-refractivity contribution < 1.29 is 14.7 Å². The maximum absolute atomic E-state index is 12.2. The van der Waals surface area contributed by atoms with E-state index in [0.717, 1.165) is 0 Å². The average Bonchev–Trinajstić information content (AvgIpc) is 2.45. The first-order valence-corrected chi connectivity index (χ1v) is 6.87. The van der Waals surface area contributed by atoms with Crippen molar-refractivity contribution in [2.24, 2.45) is 16.8 Å². The van der Waals surface area contributed by atoms with Gasteiger partial charge in [0.15, 0.2) is 6.10 Å². The van der Waals surface area contributed by atoms with Crippen LogP contribution < -0.4 is 10.5 Å². The molecule has 0 saturated carbocycles. The van der Waals surface area contributed by atoms with Gasteiger partial charge in [0.1, 0.15) is 11.6 Å². The number of nitrogens with zero attached hydrogens (tertiary/aromatic N) is 2. The van der Waals surface area contributed by atoms with Crippen LogP contribution in [0.2, 0.25) is 5.02 Å². The molecular formula is C14H20ClN3O3. The Morgan fingerprint density at radius 2 is 2.19 bits per heavy atom. The number of nitrogens with two attached hydrogens (primary N) is 1. The van der Waals surface area contributed by atoms with Gasteiger partial charge in [-0.2, -0.15) is 0 Å². The van der Waals surface area contributed by atoms with Crippen molar-refractivity contribution in [3.63, 3.8) is 0 Å². The molecule has 2 atom stereocenters. The third kappa shape index (κ3) is 5.15. The first kappa shape index (κ1) is 17.1. The number of carbonyl (C=O) groups is 1. The quantitative estimate of drug-likeness (QED) is 0.363. The minimum absolute atomic E-state index is 0.0815. The number of amidine groups is 1. The minimum atomic E-state index is -0.659. The fourth-order valence-corrected chi connectivity index (χ4v) is 1.98. The molecule has 0 spiro atoms. The van der Waals surface area contributed by atoms with Gasteiger partial charge in [0.2, 0.25) is 0 Å². The van der Waals surface area contributed by atoms with E-state index in [1.54, 1.807) is 45.2 Å². The Morgan fingerprint density at radius 3 is 2.76 bits per heavy atom. The van der Waals surface area contributed by atoms with Crippen LogP contribution in [0.4, 0.5) is 0 Å². The first-order valence-electron chi connectivity index (χ1n) is 6.49. The zero-order valence-electron chi connectivity index (χ0n) is 12.3. The molecule has 21 heavy (non-hydrogen) atoms. The zero-order chi connectivity index (χ0) is 16.0. The lowest BCUT2D eigenvalue weighted by Crippen LogP contribution is -2.42. The van der Waals surface area contributed by atoms with E-state index in [1.165, 1.54) is 4.90 Å². The molecule has 2 unspecified atom stereocenters. The van der Waals surface area contributed by atoms with Crippen molar-refractivity contribution in [2.75, 3.05) is 13.6 Å². The number of ether oxygens (including phenoxy) is 1. The van der Waals surface area contributed by atoms with Gasteiger partial charge < -0.3 is 20.6 Å². The number of amides is 1. The third-order valence-corrected chi connectivity index (χ3v) is 3.24. The van der Waals surface area contributed by atoms with Crippen LogP contribution in [-0.2, 0) is 4.79 Å². The molecule has 3 N–H and O–H groups in total. The van der Waals surface area contributed by atoms with Crippen molar-refractivity contribution in [1.82, 2.24) is 4.90 Å². The van der Waals surface area contributed by atoms with E-state index in [4.69, 9.17) is 27.3 Å². The fraction of sp³-hybridized carbons (Fsp3) is 0.429. The van der Waals surface area contributed by atoms with Crippen molar-refractivity contribution >= 4 is 23.3 Å². The summed E-state index contributed by atoms with van der Waals surface area (Å²) in [5.74, 6) is 0.161. The highest BCUT2D eigenvalue weighted by Gasteiger charge is 2.22. The molecular weight excluding hydrogens is 294 g/mol. The molecule has 116 valence electrons. The van der Waals surface area contributed by atoms with Gasteiger partial charge in [0, 0.05) is 24.5 Å². The number of oxime groups is 1. The first-order chi connectivity index (χ1) is 9.85. The summed E-state index contributed by atoms with van der Waals surface area (Å²) in [5.41, 5.74) is 5.50. The van der Waals surface area contributed by atoms with Crippen molar-refractivity contribution in [3.8, 4) is 5.75 Å². The Labute approximate surface area is 129 Å². The highest BCUT2D eigenvalue weighted by molar-refractivity contribution is 6.30. The number of likely N-dealkylation sites (N-methyl/N-ethyl adjacent to an activating group) is 1. The summed E-state index contributed by atoms with van der Waals surface area (Å²) in [6, 6.07) is 6.85. The summed E-state index contributed by atoms with van der Waals surface area (Å²) in [6.07, 6.45) is -0.659. The van der Waals surface area contributed by atoms with Gasteiger partial charge in [0.05, 0.1) is 0 Å². The summed E-state index contributed by atoms with van der Waals surface area (Å²) in [5, 5.41) is 12.1. The van der Waals surface area contributed by atoms with Gasteiger partial charge in [-0.25, -0.2) is 0 Å². The van der Waals surface area contributed by atoms with E-state index in [-0.39, 0.29) is 17.7 Å². The van der Waals surface area contributed by atoms with E-state index < -0.39 is 6.10 Å². The van der Waals surface area contributed by atoms with E-state index in [1.807, 2.05) is 0 Å². The summed E-state index contributed by atoms with van der Waals surface area (Å²) in [4.78, 5) is 13.7. The zero-order valence-corrected chi connectivity index (χ0v) is 13.0. The molecule has 0 aliphatic carbocycles. The lowest BCUT2D eigenvalue weighted by Gasteiger charge is -2.24. The summed E-state index contributed by atoms with van der Waals surface area (Å²) in [6.45, 7) is 3.76. The normalized spacial score (nSPS) is 14.4. The largest absolute Gasteiger partial charge is 0.481 e. The van der Waals surface area contributed by atoms with Gasteiger partial charge in [-0.05, 0) is 25.1 Å². The van der Waals surface area contributed by atoms with Crippen LogP contribution >= 0.6 is 11.6 Å². The van der Waals surface area contributed by atoms with Crippen LogP contribution in [-0.4, -0.2) is 41.5 Å². The molecule has 0 bridgehead atoms. The van der Waals surface area contributed by atoms with Crippen molar-refractivity contribution in [2.45, 2.75) is 20.0 Å². The smallest absolute Gasteiger partial charge is 0.263 e. The number of halogens is 1. The van der Waals surface area contributed by atoms with Gasteiger partial charge in [-0.15, -0.1) is 0 Å². The van der Waals surface area contributed by atoms with Crippen molar-refractivity contribution in [3.05, 3.63) is 29.3 Å². The van der Waals surface area contributed by atoms with E-state index in [0.29, 0.717) is 17.3 Å². The summed E-state index contributed by atoms with van der Waals surface area (Å²) in [7, 11) is 1.64. The fourth-order valence-electron chi connectivity index (χ4n) is 1.80. The molecule has 0 aromatic heterocycles. The maximum Gasteiger partial charge on any atom is 0.263 e. The standard InChI is InChI=1S/C14H20ClN3O3/c1-9(13(16)17-20)8-18(3)14(19)10(2)21-12-6-4-5-11(15)7-12/h4-7,9-10,20H,8H2,1-3H3,(H2,16,17). The molecule has 0 saturated heterocycles. The molecule has 7 heteroatoms. The highest BCUT2D eigenvalue weighted by atomic mass is 35.5. The number of carbonyl (C=O) groups excluding carboxylic acids is 1. The molecule has 0 aliphatic heterocycles. The lowest BCUT2D eigenvalue weighted by molar-refractivity contribution is -0.136. The molecule has 0 heterocycles. The Kier molecular flexibility index (Phi) is 6.30. The molecule has 1 amide bonds. The molecule has 1 aromatic rings. The van der Waals surface area contributed by atoms with Crippen LogP contribution in [0.1, 0.15) is 13.8 Å². The Morgan fingerprint density at radius 1 is 1.52 bits per heavy atom. The Bertz CT molecular complexity index is 522. The number of hydrogen-bond acceptors (Lipinski definition) is 4. The van der Waals surface area contributed by atoms with E-state index in [9.17, 15) is 4.79 Å². The maximum atomic E-state index is 12.2. The van der Waals surface area contributed by atoms with Crippen LogP contribution in [0.3, 0.4) is 0 Å². The van der Waals surface area contributed by atoms with Crippen LogP contribution in [0.15, 0.2) is 29.4 Å². The molecule has 0 radical (unpaired) electrons. The molecule has 1 rings (SSSR count). The second kappa shape index (κ2) is 7.73. The Balaban J connectivity index is 2.61. The summed E-state index contributed by atoms with van der Waals surface area (Å²) < 4.78 is 5.56. The number of rotatable bonds is 6. The minimum Gasteiger partial charge on any atom is -0.481 e. The predicted molar refractivity (Wildman–Crippen MR) is 81.8 cm³/mol. The number of hydrogen-bond donors (Lipinski definition) is 2. The second-order valence-electron chi connectivity index (χ2n) is 4.86.